The van der Waals surface area contributed by atoms with Gasteiger partial charge in [-0.05, 0) is 32.4 Å². The van der Waals surface area contributed by atoms with Gasteiger partial charge in [-0.25, -0.2) is 0 Å². The first-order chi connectivity index (χ1) is 9.58. The lowest BCUT2D eigenvalue weighted by Gasteiger charge is -2.14. The average molecular weight is 290 g/mol. The number of nitrogens with zero attached hydrogens (tertiary/aromatic N) is 2. The van der Waals surface area contributed by atoms with Gasteiger partial charge < -0.3 is 5.32 Å². The van der Waals surface area contributed by atoms with Crippen LogP contribution < -0.4 is 10.6 Å². The number of carbonyl (C=O) groups is 1. The zero-order valence-corrected chi connectivity index (χ0v) is 12.6. The van der Waals surface area contributed by atoms with E-state index in [2.05, 4.69) is 20.8 Å². The number of hydrogen-bond donors (Lipinski definition) is 2. The van der Waals surface area contributed by atoms with Crippen molar-refractivity contribution in [2.75, 3.05) is 10.6 Å². The molecule has 1 aromatic carbocycles. The second kappa shape index (κ2) is 6.47. The Bertz CT molecular complexity index is 579. The van der Waals surface area contributed by atoms with Crippen LogP contribution in [-0.2, 0) is 11.2 Å². The van der Waals surface area contributed by atoms with E-state index < -0.39 is 0 Å². The van der Waals surface area contributed by atoms with Crippen molar-refractivity contribution in [3.05, 3.63) is 34.8 Å². The maximum Gasteiger partial charge on any atom is 0.248 e. The van der Waals surface area contributed by atoms with E-state index in [1.807, 2.05) is 45.0 Å². The largest absolute Gasteiger partial charge is 0.374 e. The molecule has 0 saturated carbocycles. The van der Waals surface area contributed by atoms with Crippen LogP contribution in [0.3, 0.4) is 0 Å². The van der Waals surface area contributed by atoms with E-state index in [0.29, 0.717) is 5.13 Å². The van der Waals surface area contributed by atoms with Crippen molar-refractivity contribution in [2.24, 2.45) is 0 Å². The lowest BCUT2D eigenvalue weighted by atomic mass is 10.2. The quantitative estimate of drug-likeness (QED) is 0.888. The highest BCUT2D eigenvalue weighted by Crippen LogP contribution is 2.16. The molecule has 5 nitrogen and oxygen atoms in total. The van der Waals surface area contributed by atoms with Crippen molar-refractivity contribution in [1.82, 2.24) is 10.2 Å². The van der Waals surface area contributed by atoms with Crippen LogP contribution in [0.5, 0.6) is 0 Å². The Morgan fingerprint density at radius 2 is 2.00 bits per heavy atom. The van der Waals surface area contributed by atoms with Crippen LogP contribution in [0.25, 0.3) is 0 Å². The van der Waals surface area contributed by atoms with Crippen LogP contribution in [0.2, 0.25) is 0 Å². The molecule has 1 amide bonds. The van der Waals surface area contributed by atoms with Gasteiger partial charge in [-0.1, -0.05) is 36.0 Å². The van der Waals surface area contributed by atoms with Crippen molar-refractivity contribution in [3.8, 4) is 0 Å². The summed E-state index contributed by atoms with van der Waals surface area (Å²) < 4.78 is 0. The monoisotopic (exact) mass is 290 g/mol. The zero-order chi connectivity index (χ0) is 14.5. The Hall–Kier alpha value is -1.95. The number of nitrogens with one attached hydrogen (secondary N) is 2. The highest BCUT2D eigenvalue weighted by atomic mass is 32.1. The standard InChI is InChI=1S/C14H18N4OS/c1-4-12-17-18-14(20-12)16-13(19)10(3)15-11-7-5-9(2)6-8-11/h5-8,10,15H,4H2,1-3H3,(H,16,18,19)/t10-/m1/s1. The van der Waals surface area contributed by atoms with Gasteiger partial charge >= 0.3 is 0 Å². The predicted octanol–water partition coefficient (Wildman–Crippen LogP) is 2.85. The number of benzene rings is 1. The molecular weight excluding hydrogens is 272 g/mol. The number of hydrogen-bond acceptors (Lipinski definition) is 5. The Balaban J connectivity index is 1.93. The number of carbonyl (C=O) groups excluding carboxylic acids is 1. The number of aromatic nitrogens is 2. The fourth-order valence-corrected chi connectivity index (χ4v) is 2.31. The van der Waals surface area contributed by atoms with Gasteiger partial charge in [0.2, 0.25) is 11.0 Å². The van der Waals surface area contributed by atoms with Crippen molar-refractivity contribution < 1.29 is 4.79 Å². The SMILES string of the molecule is CCc1nnc(NC(=O)[C@@H](C)Nc2ccc(C)cc2)s1. The molecule has 2 rings (SSSR count). The van der Waals surface area contributed by atoms with Crippen LogP contribution >= 0.6 is 11.3 Å². The summed E-state index contributed by atoms with van der Waals surface area (Å²) in [6.45, 7) is 5.85. The minimum absolute atomic E-state index is 0.121. The second-order valence-electron chi connectivity index (χ2n) is 4.58. The highest BCUT2D eigenvalue weighted by molar-refractivity contribution is 7.15. The van der Waals surface area contributed by atoms with E-state index in [4.69, 9.17) is 0 Å². The summed E-state index contributed by atoms with van der Waals surface area (Å²) in [5.74, 6) is -0.121. The van der Waals surface area contributed by atoms with Gasteiger partial charge in [0.25, 0.3) is 0 Å². The molecule has 6 heteroatoms. The summed E-state index contributed by atoms with van der Waals surface area (Å²) >= 11 is 1.40. The lowest BCUT2D eigenvalue weighted by molar-refractivity contribution is -0.116. The topological polar surface area (TPSA) is 66.9 Å². The summed E-state index contributed by atoms with van der Waals surface area (Å²) in [4.78, 5) is 12.0. The summed E-state index contributed by atoms with van der Waals surface area (Å²) in [5, 5.41) is 15.3. The van der Waals surface area contributed by atoms with Crippen LogP contribution in [0.4, 0.5) is 10.8 Å². The fraction of sp³-hybridized carbons (Fsp3) is 0.357. The van der Waals surface area contributed by atoms with Gasteiger partial charge in [0, 0.05) is 5.69 Å². The number of aryl methyl sites for hydroxylation is 2. The van der Waals surface area contributed by atoms with Gasteiger partial charge in [0.1, 0.15) is 11.0 Å². The molecule has 20 heavy (non-hydrogen) atoms. The third kappa shape index (κ3) is 3.77. The molecule has 0 spiro atoms. The average Bonchev–Trinajstić information content (AvgIpc) is 2.89. The van der Waals surface area contributed by atoms with E-state index >= 15 is 0 Å². The Morgan fingerprint density at radius 1 is 1.30 bits per heavy atom. The third-order valence-electron chi connectivity index (χ3n) is 2.83. The Kier molecular flexibility index (Phi) is 4.68. The number of amides is 1. The van der Waals surface area contributed by atoms with E-state index in [1.54, 1.807) is 0 Å². The molecule has 0 unspecified atom stereocenters. The molecule has 106 valence electrons. The molecule has 0 fully saturated rings. The van der Waals surface area contributed by atoms with E-state index in [9.17, 15) is 4.79 Å². The molecule has 0 bridgehead atoms. The smallest absolute Gasteiger partial charge is 0.248 e. The third-order valence-corrected chi connectivity index (χ3v) is 3.81. The predicted molar refractivity (Wildman–Crippen MR) is 82.2 cm³/mol. The van der Waals surface area contributed by atoms with Gasteiger partial charge in [-0.3, -0.25) is 10.1 Å². The first-order valence-corrected chi connectivity index (χ1v) is 7.36. The summed E-state index contributed by atoms with van der Waals surface area (Å²) in [7, 11) is 0. The lowest BCUT2D eigenvalue weighted by Crippen LogP contribution is -2.31. The molecule has 1 aromatic heterocycles. The van der Waals surface area contributed by atoms with Gasteiger partial charge in [-0.15, -0.1) is 10.2 Å². The summed E-state index contributed by atoms with van der Waals surface area (Å²) in [6.07, 6.45) is 0.824. The molecule has 2 N–H and O–H groups in total. The molecule has 0 saturated heterocycles. The van der Waals surface area contributed by atoms with Gasteiger partial charge in [-0.2, -0.15) is 0 Å². The van der Waals surface area contributed by atoms with Crippen molar-refractivity contribution in [3.63, 3.8) is 0 Å². The molecular formula is C14H18N4OS. The molecule has 1 atom stereocenters. The Labute approximate surface area is 122 Å². The van der Waals surface area contributed by atoms with Crippen molar-refractivity contribution >= 4 is 28.1 Å². The zero-order valence-electron chi connectivity index (χ0n) is 11.8. The number of rotatable bonds is 5. The van der Waals surface area contributed by atoms with Crippen molar-refractivity contribution in [1.29, 1.82) is 0 Å². The second-order valence-corrected chi connectivity index (χ2v) is 5.64. The van der Waals surface area contributed by atoms with Gasteiger partial charge in [0.15, 0.2) is 0 Å². The van der Waals surface area contributed by atoms with Crippen LogP contribution in [0, 0.1) is 6.92 Å². The number of anilines is 2. The molecule has 2 aromatic rings. The Morgan fingerprint density at radius 3 is 2.60 bits per heavy atom. The van der Waals surface area contributed by atoms with Crippen LogP contribution in [0.15, 0.2) is 24.3 Å². The van der Waals surface area contributed by atoms with Crippen LogP contribution in [-0.4, -0.2) is 22.1 Å². The van der Waals surface area contributed by atoms with Gasteiger partial charge in [0.05, 0.1) is 0 Å². The minimum Gasteiger partial charge on any atom is -0.374 e. The highest BCUT2D eigenvalue weighted by Gasteiger charge is 2.14. The normalized spacial score (nSPS) is 11.9. The fourth-order valence-electron chi connectivity index (χ4n) is 1.63. The summed E-state index contributed by atoms with van der Waals surface area (Å²) in [6, 6.07) is 7.58. The molecule has 0 aliphatic rings. The van der Waals surface area contributed by atoms with E-state index in [0.717, 1.165) is 17.1 Å². The minimum atomic E-state index is -0.341. The molecule has 0 radical (unpaired) electrons. The van der Waals surface area contributed by atoms with Crippen LogP contribution in [0.1, 0.15) is 24.4 Å². The molecule has 1 heterocycles. The van der Waals surface area contributed by atoms with E-state index in [-0.39, 0.29) is 11.9 Å². The first kappa shape index (κ1) is 14.5. The molecule has 0 aliphatic carbocycles. The summed E-state index contributed by atoms with van der Waals surface area (Å²) in [5.41, 5.74) is 2.11. The van der Waals surface area contributed by atoms with Crippen molar-refractivity contribution in [2.45, 2.75) is 33.2 Å². The molecule has 0 aliphatic heterocycles. The maximum absolute atomic E-state index is 12.0. The maximum atomic E-state index is 12.0. The van der Waals surface area contributed by atoms with E-state index in [1.165, 1.54) is 16.9 Å². The first-order valence-electron chi connectivity index (χ1n) is 6.55.